The first-order chi connectivity index (χ1) is 9.25. The average molecular weight is 301 g/mol. The van der Waals surface area contributed by atoms with Crippen LogP contribution in [-0.2, 0) is 19.6 Å². The molecule has 0 aliphatic carbocycles. The van der Waals surface area contributed by atoms with E-state index in [2.05, 4.69) is 5.32 Å². The van der Waals surface area contributed by atoms with Gasteiger partial charge in [-0.25, -0.2) is 13.6 Å². The number of hydrogen-bond acceptors (Lipinski definition) is 5. The Hall–Kier alpha value is -1.48. The Labute approximate surface area is 118 Å². The predicted octanol–water partition coefficient (Wildman–Crippen LogP) is -0.0553. The van der Waals surface area contributed by atoms with Gasteiger partial charge >= 0.3 is 0 Å². The largest absolute Gasteiger partial charge is 0.385 e. The third-order valence-corrected chi connectivity index (χ3v) is 3.78. The van der Waals surface area contributed by atoms with Crippen LogP contribution < -0.4 is 16.2 Å². The van der Waals surface area contributed by atoms with Gasteiger partial charge in [0.15, 0.2) is 0 Å². The van der Waals surface area contributed by atoms with E-state index < -0.39 is 22.0 Å². The van der Waals surface area contributed by atoms with Crippen LogP contribution >= 0.6 is 0 Å². The highest BCUT2D eigenvalue weighted by molar-refractivity contribution is 7.89. The molecule has 0 spiro atoms. The van der Waals surface area contributed by atoms with E-state index in [9.17, 15) is 13.2 Å². The number of aryl methyl sites for hydroxylation is 1. The third-order valence-electron chi connectivity index (χ3n) is 2.73. The van der Waals surface area contributed by atoms with Crippen molar-refractivity contribution in [3.63, 3.8) is 0 Å². The number of ether oxygens (including phenoxy) is 1. The van der Waals surface area contributed by atoms with E-state index >= 15 is 0 Å². The molecule has 5 N–H and O–H groups in total. The fourth-order valence-corrected chi connectivity index (χ4v) is 2.40. The number of nitrogens with one attached hydrogen (secondary N) is 1. The van der Waals surface area contributed by atoms with Gasteiger partial charge in [0, 0.05) is 19.4 Å². The zero-order valence-electron chi connectivity index (χ0n) is 11.4. The van der Waals surface area contributed by atoms with Gasteiger partial charge in [0.1, 0.15) is 0 Å². The van der Waals surface area contributed by atoms with Crippen molar-refractivity contribution in [1.82, 2.24) is 0 Å². The molecular formula is C12H19N3O4S. The molecule has 0 aliphatic rings. The smallest absolute Gasteiger partial charge is 0.241 e. The lowest BCUT2D eigenvalue weighted by atomic mass is 10.2. The second kappa shape index (κ2) is 6.80. The molecule has 8 heteroatoms. The van der Waals surface area contributed by atoms with E-state index in [-0.39, 0.29) is 4.90 Å². The van der Waals surface area contributed by atoms with Crippen LogP contribution in [0.3, 0.4) is 0 Å². The molecule has 0 saturated heterocycles. The number of anilines is 1. The first kappa shape index (κ1) is 16.6. The van der Waals surface area contributed by atoms with E-state index in [1.165, 1.54) is 13.2 Å². The highest BCUT2D eigenvalue weighted by Crippen LogP contribution is 2.19. The van der Waals surface area contributed by atoms with Crippen molar-refractivity contribution in [2.45, 2.75) is 24.3 Å². The van der Waals surface area contributed by atoms with E-state index in [0.717, 1.165) is 0 Å². The first-order valence-corrected chi connectivity index (χ1v) is 7.49. The molecule has 1 atom stereocenters. The van der Waals surface area contributed by atoms with Crippen LogP contribution in [0.25, 0.3) is 0 Å². The van der Waals surface area contributed by atoms with Gasteiger partial charge in [-0.15, -0.1) is 0 Å². The number of benzene rings is 1. The summed E-state index contributed by atoms with van der Waals surface area (Å²) < 4.78 is 27.6. The number of carbonyl (C=O) groups is 1. The maximum Gasteiger partial charge on any atom is 0.241 e. The topological polar surface area (TPSA) is 125 Å². The summed E-state index contributed by atoms with van der Waals surface area (Å²) in [5.74, 6) is -0.411. The third kappa shape index (κ3) is 4.57. The Balaban J connectivity index is 2.86. The molecule has 1 aromatic rings. The Morgan fingerprint density at radius 2 is 2.10 bits per heavy atom. The summed E-state index contributed by atoms with van der Waals surface area (Å²) >= 11 is 0. The average Bonchev–Trinajstić information content (AvgIpc) is 2.36. The fourth-order valence-electron chi connectivity index (χ4n) is 1.60. The Bertz CT molecular complexity index is 586. The second-order valence-corrected chi connectivity index (χ2v) is 5.93. The Morgan fingerprint density at radius 3 is 2.65 bits per heavy atom. The predicted molar refractivity (Wildman–Crippen MR) is 75.7 cm³/mol. The molecule has 0 bridgehead atoms. The van der Waals surface area contributed by atoms with Crippen LogP contribution in [0.2, 0.25) is 0 Å². The highest BCUT2D eigenvalue weighted by Gasteiger charge is 2.16. The summed E-state index contributed by atoms with van der Waals surface area (Å²) in [7, 11) is -2.31. The van der Waals surface area contributed by atoms with E-state index in [1.807, 2.05) is 0 Å². The molecule has 0 heterocycles. The number of sulfonamides is 1. The number of carbonyl (C=O) groups excluding carboxylic acids is 1. The van der Waals surface area contributed by atoms with Gasteiger partial charge in [-0.3, -0.25) is 4.79 Å². The lowest BCUT2D eigenvalue weighted by Gasteiger charge is -2.13. The van der Waals surface area contributed by atoms with Crippen LogP contribution in [0, 0.1) is 6.92 Å². The number of primary sulfonamides is 1. The maximum atomic E-state index is 11.8. The van der Waals surface area contributed by atoms with E-state index in [0.29, 0.717) is 24.3 Å². The first-order valence-electron chi connectivity index (χ1n) is 5.94. The summed E-state index contributed by atoms with van der Waals surface area (Å²) in [6.07, 6.45) is 0.371. The standard InChI is InChI=1S/C12H19N3O4S/c1-8-3-4-9(7-11(8)20(14,17)18)15-12(16)10(13)5-6-19-2/h3-4,7,10H,5-6,13H2,1-2H3,(H,15,16)(H2,14,17,18). The Morgan fingerprint density at radius 1 is 1.45 bits per heavy atom. The molecular weight excluding hydrogens is 282 g/mol. The molecule has 7 nitrogen and oxygen atoms in total. The Kier molecular flexibility index (Phi) is 5.63. The molecule has 0 aromatic heterocycles. The lowest BCUT2D eigenvalue weighted by molar-refractivity contribution is -0.117. The van der Waals surface area contributed by atoms with Crippen LogP contribution in [0.5, 0.6) is 0 Å². The maximum absolute atomic E-state index is 11.8. The van der Waals surface area contributed by atoms with Crippen molar-refractivity contribution >= 4 is 21.6 Å². The molecule has 1 unspecified atom stereocenters. The van der Waals surface area contributed by atoms with Gasteiger partial charge in [-0.05, 0) is 31.0 Å². The van der Waals surface area contributed by atoms with Crippen LogP contribution in [0.1, 0.15) is 12.0 Å². The minimum Gasteiger partial charge on any atom is -0.385 e. The number of rotatable bonds is 6. The van der Waals surface area contributed by atoms with Crippen molar-refractivity contribution in [2.24, 2.45) is 10.9 Å². The van der Waals surface area contributed by atoms with Crippen LogP contribution in [0.4, 0.5) is 5.69 Å². The molecule has 112 valence electrons. The molecule has 0 saturated carbocycles. The van der Waals surface area contributed by atoms with Gasteiger partial charge in [0.05, 0.1) is 10.9 Å². The lowest BCUT2D eigenvalue weighted by Crippen LogP contribution is -2.36. The zero-order chi connectivity index (χ0) is 15.3. The van der Waals surface area contributed by atoms with Crippen molar-refractivity contribution in [3.8, 4) is 0 Å². The summed E-state index contributed by atoms with van der Waals surface area (Å²) in [5.41, 5.74) is 6.51. The highest BCUT2D eigenvalue weighted by atomic mass is 32.2. The van der Waals surface area contributed by atoms with Crippen LogP contribution in [-0.4, -0.2) is 34.1 Å². The molecule has 20 heavy (non-hydrogen) atoms. The van der Waals surface area contributed by atoms with Gasteiger partial charge in [0.2, 0.25) is 15.9 Å². The summed E-state index contributed by atoms with van der Waals surface area (Å²) in [6, 6.07) is 3.74. The number of methoxy groups -OCH3 is 1. The number of hydrogen-bond donors (Lipinski definition) is 3. The molecule has 1 amide bonds. The number of amides is 1. The van der Waals surface area contributed by atoms with Crippen molar-refractivity contribution in [2.75, 3.05) is 19.0 Å². The summed E-state index contributed by atoms with van der Waals surface area (Å²) in [5, 5.41) is 7.65. The zero-order valence-corrected chi connectivity index (χ0v) is 12.2. The second-order valence-electron chi connectivity index (χ2n) is 4.40. The summed E-state index contributed by atoms with van der Waals surface area (Å²) in [6.45, 7) is 1.99. The minimum absolute atomic E-state index is 0.0271. The normalized spacial score (nSPS) is 13.0. The molecule has 1 aromatic carbocycles. The molecule has 0 radical (unpaired) electrons. The van der Waals surface area contributed by atoms with Crippen molar-refractivity contribution in [1.29, 1.82) is 0 Å². The van der Waals surface area contributed by atoms with E-state index in [4.69, 9.17) is 15.6 Å². The number of nitrogens with two attached hydrogens (primary N) is 2. The molecule has 0 fully saturated rings. The summed E-state index contributed by atoms with van der Waals surface area (Å²) in [4.78, 5) is 11.8. The van der Waals surface area contributed by atoms with Crippen molar-refractivity contribution in [3.05, 3.63) is 23.8 Å². The SMILES string of the molecule is COCCC(N)C(=O)Nc1ccc(C)c(S(N)(=O)=O)c1. The van der Waals surface area contributed by atoms with E-state index in [1.54, 1.807) is 19.1 Å². The molecule has 1 rings (SSSR count). The van der Waals surface area contributed by atoms with Gasteiger partial charge < -0.3 is 15.8 Å². The van der Waals surface area contributed by atoms with Gasteiger partial charge in [-0.1, -0.05) is 6.07 Å². The van der Waals surface area contributed by atoms with Crippen molar-refractivity contribution < 1.29 is 17.9 Å². The van der Waals surface area contributed by atoms with Gasteiger partial charge in [0.25, 0.3) is 0 Å². The molecule has 0 aliphatic heterocycles. The quantitative estimate of drug-likeness (QED) is 0.679. The van der Waals surface area contributed by atoms with Gasteiger partial charge in [-0.2, -0.15) is 0 Å². The van der Waals surface area contributed by atoms with Crippen LogP contribution in [0.15, 0.2) is 23.1 Å². The minimum atomic E-state index is -3.83. The monoisotopic (exact) mass is 301 g/mol. The fraction of sp³-hybridized carbons (Fsp3) is 0.417.